The molecule has 2 N–H and O–H groups in total. The van der Waals surface area contributed by atoms with Crippen molar-refractivity contribution in [3.63, 3.8) is 0 Å². The first-order chi connectivity index (χ1) is 7.76. The number of carbonyl (C=O) groups excluding carboxylic acids is 1. The van der Waals surface area contributed by atoms with Crippen molar-refractivity contribution in [3.8, 4) is 0 Å². The molecule has 0 bridgehead atoms. The Balaban J connectivity index is 2.67. The highest BCUT2D eigenvalue weighted by molar-refractivity contribution is 5.84. The van der Waals surface area contributed by atoms with E-state index in [-0.39, 0.29) is 12.0 Å². The molecule has 0 radical (unpaired) electrons. The molecule has 100 valence electrons. The van der Waals surface area contributed by atoms with Gasteiger partial charge in [-0.15, -0.1) is 0 Å². The summed E-state index contributed by atoms with van der Waals surface area (Å²) < 4.78 is 49.5. The fraction of sp³-hybridized carbons (Fsp3) is 0.900. The Hall–Kier alpha value is -0.850. The number of piperidine rings is 1. The van der Waals surface area contributed by atoms with Gasteiger partial charge < -0.3 is 10.6 Å². The maximum Gasteiger partial charge on any atom is 0.383 e. The first-order valence-corrected chi connectivity index (χ1v) is 5.47. The van der Waals surface area contributed by atoms with E-state index in [4.69, 9.17) is 0 Å². The molecular formula is C10H16F4N2O. The molecule has 0 spiro atoms. The van der Waals surface area contributed by atoms with Crippen molar-refractivity contribution in [1.29, 1.82) is 0 Å². The van der Waals surface area contributed by atoms with Gasteiger partial charge in [-0.3, -0.25) is 4.79 Å². The molecule has 0 aromatic carbocycles. The maximum atomic E-state index is 12.8. The van der Waals surface area contributed by atoms with E-state index in [0.29, 0.717) is 6.42 Å². The summed E-state index contributed by atoms with van der Waals surface area (Å²) in [4.78, 5) is 11.1. The lowest BCUT2D eigenvalue weighted by Crippen LogP contribution is -2.59. The predicted octanol–water partition coefficient (Wildman–Crippen LogP) is 1.39. The van der Waals surface area contributed by atoms with E-state index in [1.165, 1.54) is 0 Å². The van der Waals surface area contributed by atoms with Crippen LogP contribution in [0.4, 0.5) is 17.6 Å². The minimum absolute atomic E-state index is 0.0244. The summed E-state index contributed by atoms with van der Waals surface area (Å²) >= 11 is 0. The normalized spacial score (nSPS) is 30.4. The second-order valence-corrected chi connectivity index (χ2v) is 4.43. The molecule has 1 amide bonds. The number of hydrogen-bond acceptors (Lipinski definition) is 2. The third-order valence-corrected chi connectivity index (χ3v) is 3.09. The SMILES string of the molecule is CC1CCNC(C)C1NC(=O)C(F)(F)C(F)F. The van der Waals surface area contributed by atoms with Crippen molar-refractivity contribution in [3.05, 3.63) is 0 Å². The third-order valence-electron chi connectivity index (χ3n) is 3.09. The molecule has 1 rings (SSSR count). The van der Waals surface area contributed by atoms with E-state index in [9.17, 15) is 22.4 Å². The first kappa shape index (κ1) is 14.2. The molecule has 1 fully saturated rings. The summed E-state index contributed by atoms with van der Waals surface area (Å²) in [6.07, 6.45) is -3.28. The summed E-state index contributed by atoms with van der Waals surface area (Å²) in [6.45, 7) is 4.24. The molecule has 0 aromatic heterocycles. The zero-order valence-corrected chi connectivity index (χ0v) is 9.64. The van der Waals surface area contributed by atoms with Gasteiger partial charge in [-0.25, -0.2) is 8.78 Å². The van der Waals surface area contributed by atoms with Gasteiger partial charge >= 0.3 is 12.3 Å². The zero-order chi connectivity index (χ0) is 13.2. The van der Waals surface area contributed by atoms with Gasteiger partial charge in [-0.1, -0.05) is 6.92 Å². The number of nitrogens with one attached hydrogen (secondary N) is 2. The van der Waals surface area contributed by atoms with Crippen LogP contribution < -0.4 is 10.6 Å². The molecule has 3 unspecified atom stereocenters. The van der Waals surface area contributed by atoms with Gasteiger partial charge in [-0.2, -0.15) is 8.78 Å². The van der Waals surface area contributed by atoms with Crippen LogP contribution in [-0.4, -0.2) is 36.9 Å². The highest BCUT2D eigenvalue weighted by Gasteiger charge is 2.50. The van der Waals surface area contributed by atoms with Crippen LogP contribution >= 0.6 is 0 Å². The quantitative estimate of drug-likeness (QED) is 0.749. The molecule has 7 heteroatoms. The van der Waals surface area contributed by atoms with Crippen molar-refractivity contribution in [2.24, 2.45) is 5.92 Å². The van der Waals surface area contributed by atoms with E-state index < -0.39 is 24.3 Å². The van der Waals surface area contributed by atoms with Gasteiger partial charge in [0.25, 0.3) is 5.91 Å². The van der Waals surface area contributed by atoms with Gasteiger partial charge in [0.1, 0.15) is 0 Å². The molecule has 0 aliphatic carbocycles. The van der Waals surface area contributed by atoms with Crippen molar-refractivity contribution in [2.75, 3.05) is 6.54 Å². The molecule has 1 aliphatic heterocycles. The van der Waals surface area contributed by atoms with Crippen LogP contribution in [0.2, 0.25) is 0 Å². The standard InChI is InChI=1S/C10H16F4N2O/c1-5-3-4-15-6(2)7(5)16-9(17)10(13,14)8(11)12/h5-8,15H,3-4H2,1-2H3,(H,16,17). The molecule has 17 heavy (non-hydrogen) atoms. The van der Waals surface area contributed by atoms with Crippen LogP contribution in [-0.2, 0) is 4.79 Å². The maximum absolute atomic E-state index is 12.8. The fourth-order valence-electron chi connectivity index (χ4n) is 1.95. The second kappa shape index (κ2) is 5.20. The van der Waals surface area contributed by atoms with E-state index in [2.05, 4.69) is 5.32 Å². The topological polar surface area (TPSA) is 41.1 Å². The lowest BCUT2D eigenvalue weighted by Gasteiger charge is -2.36. The van der Waals surface area contributed by atoms with Crippen LogP contribution in [0.15, 0.2) is 0 Å². The van der Waals surface area contributed by atoms with Crippen LogP contribution in [0.3, 0.4) is 0 Å². The highest BCUT2D eigenvalue weighted by atomic mass is 19.3. The Morgan fingerprint density at radius 3 is 2.47 bits per heavy atom. The van der Waals surface area contributed by atoms with E-state index in [0.717, 1.165) is 6.54 Å². The third kappa shape index (κ3) is 3.08. The van der Waals surface area contributed by atoms with Crippen molar-refractivity contribution in [1.82, 2.24) is 10.6 Å². The van der Waals surface area contributed by atoms with Crippen LogP contribution in [0.1, 0.15) is 20.3 Å². The van der Waals surface area contributed by atoms with Gasteiger partial charge in [0.15, 0.2) is 0 Å². The largest absolute Gasteiger partial charge is 0.383 e. The number of carbonyl (C=O) groups is 1. The Morgan fingerprint density at radius 1 is 1.41 bits per heavy atom. The molecular weight excluding hydrogens is 240 g/mol. The van der Waals surface area contributed by atoms with E-state index >= 15 is 0 Å². The molecule has 3 atom stereocenters. The molecule has 0 aromatic rings. The zero-order valence-electron chi connectivity index (χ0n) is 9.64. The van der Waals surface area contributed by atoms with Crippen LogP contribution in [0.5, 0.6) is 0 Å². The summed E-state index contributed by atoms with van der Waals surface area (Å²) in [7, 11) is 0. The molecule has 1 heterocycles. The van der Waals surface area contributed by atoms with Gasteiger partial charge in [-0.05, 0) is 25.8 Å². The number of hydrogen-bond donors (Lipinski definition) is 2. The average molecular weight is 256 g/mol. The molecule has 0 saturated carbocycles. The molecule has 1 saturated heterocycles. The van der Waals surface area contributed by atoms with Crippen molar-refractivity contribution >= 4 is 5.91 Å². The van der Waals surface area contributed by atoms with E-state index in [1.54, 1.807) is 13.8 Å². The number of alkyl halides is 4. The summed E-state index contributed by atoms with van der Waals surface area (Å²) in [5.74, 6) is -6.56. The minimum Gasteiger partial charge on any atom is -0.346 e. The first-order valence-electron chi connectivity index (χ1n) is 5.47. The van der Waals surface area contributed by atoms with Gasteiger partial charge in [0.05, 0.1) is 0 Å². The Kier molecular flexibility index (Phi) is 4.35. The fourth-order valence-corrected chi connectivity index (χ4v) is 1.95. The van der Waals surface area contributed by atoms with Crippen molar-refractivity contribution < 1.29 is 22.4 Å². The Labute approximate surface area is 96.9 Å². The van der Waals surface area contributed by atoms with Gasteiger partial charge in [0.2, 0.25) is 0 Å². The molecule has 3 nitrogen and oxygen atoms in total. The predicted molar refractivity (Wildman–Crippen MR) is 54.1 cm³/mol. The minimum atomic E-state index is -4.63. The summed E-state index contributed by atoms with van der Waals surface area (Å²) in [5, 5.41) is 5.01. The number of rotatable bonds is 3. The lowest BCUT2D eigenvalue weighted by atomic mass is 9.89. The van der Waals surface area contributed by atoms with Gasteiger partial charge in [0, 0.05) is 12.1 Å². The second-order valence-electron chi connectivity index (χ2n) is 4.43. The molecule has 1 aliphatic rings. The Bertz CT molecular complexity index is 275. The Morgan fingerprint density at radius 2 is 2.00 bits per heavy atom. The number of halogens is 4. The van der Waals surface area contributed by atoms with Crippen LogP contribution in [0, 0.1) is 5.92 Å². The smallest absolute Gasteiger partial charge is 0.346 e. The number of amides is 1. The highest BCUT2D eigenvalue weighted by Crippen LogP contribution is 2.24. The van der Waals surface area contributed by atoms with Crippen molar-refractivity contribution in [2.45, 2.75) is 44.7 Å². The lowest BCUT2D eigenvalue weighted by molar-refractivity contribution is -0.170. The summed E-state index contributed by atoms with van der Waals surface area (Å²) in [6, 6.07) is -0.767. The summed E-state index contributed by atoms with van der Waals surface area (Å²) in [5.41, 5.74) is 0. The monoisotopic (exact) mass is 256 g/mol. The van der Waals surface area contributed by atoms with E-state index in [1.807, 2.05) is 5.32 Å². The van der Waals surface area contributed by atoms with Crippen LogP contribution in [0.25, 0.3) is 0 Å². The average Bonchev–Trinajstić information content (AvgIpc) is 2.23.